The van der Waals surface area contributed by atoms with E-state index in [2.05, 4.69) is 52.5 Å². The molecule has 9 heteroatoms. The summed E-state index contributed by atoms with van der Waals surface area (Å²) < 4.78 is 30.3. The fourth-order valence-corrected chi connectivity index (χ4v) is 6.78. The van der Waals surface area contributed by atoms with Crippen LogP contribution in [0.4, 0.5) is 11.4 Å². The van der Waals surface area contributed by atoms with E-state index in [0.29, 0.717) is 24.0 Å². The Morgan fingerprint density at radius 3 is 2.63 bits per heavy atom. The minimum atomic E-state index is -3.30. The number of rotatable bonds is 9. The Bertz CT molecular complexity index is 1430. The summed E-state index contributed by atoms with van der Waals surface area (Å²) in [5.41, 5.74) is 3.13. The molecule has 2 aromatic carbocycles. The van der Waals surface area contributed by atoms with Gasteiger partial charge in [0.15, 0.2) is 9.84 Å². The quantitative estimate of drug-likeness (QED) is 0.333. The van der Waals surface area contributed by atoms with Crippen LogP contribution in [0.25, 0.3) is 10.1 Å². The summed E-state index contributed by atoms with van der Waals surface area (Å²) >= 11 is 1.73. The fraction of sp³-hybridized carbons (Fsp3) is 0.448. The van der Waals surface area contributed by atoms with Gasteiger partial charge in [-0.05, 0) is 55.3 Å². The normalized spacial score (nSPS) is 15.6. The molecule has 3 N–H and O–H groups in total. The Morgan fingerprint density at radius 2 is 1.97 bits per heavy atom. The zero-order valence-electron chi connectivity index (χ0n) is 22.5. The van der Waals surface area contributed by atoms with Gasteiger partial charge in [-0.2, -0.15) is 0 Å². The third kappa shape index (κ3) is 6.80. The van der Waals surface area contributed by atoms with E-state index in [4.69, 9.17) is 4.74 Å². The molecular weight excluding hydrogens is 518 g/mol. The van der Waals surface area contributed by atoms with E-state index in [-0.39, 0.29) is 11.0 Å². The van der Waals surface area contributed by atoms with Gasteiger partial charge in [-0.15, -0.1) is 11.3 Å². The molecule has 1 aliphatic heterocycles. The maximum Gasteiger partial charge on any atom is 0.175 e. The molecule has 0 radical (unpaired) electrons. The third-order valence-corrected chi connectivity index (χ3v) is 9.12. The SMILES string of the molecule is CCc1c(C#CCNc2ccc(S(C)(=O)=O)cc2OC)sc2c(NC3CCN(CC(C)O)CC3)cccc12. The zero-order chi connectivity index (χ0) is 27.3. The largest absolute Gasteiger partial charge is 0.495 e. The Balaban J connectivity index is 1.47. The Kier molecular flexibility index (Phi) is 9.21. The molecule has 1 unspecified atom stereocenters. The number of thiophene rings is 1. The average Bonchev–Trinajstić information content (AvgIpc) is 3.25. The van der Waals surface area contributed by atoms with Crippen molar-refractivity contribution in [3.63, 3.8) is 0 Å². The number of sulfone groups is 1. The van der Waals surface area contributed by atoms with Crippen LogP contribution in [0.1, 0.15) is 37.1 Å². The summed E-state index contributed by atoms with van der Waals surface area (Å²) in [4.78, 5) is 3.63. The molecular formula is C29H37N3O4S2. The number of hydrogen-bond donors (Lipinski definition) is 3. The van der Waals surface area contributed by atoms with Crippen LogP contribution in [0, 0.1) is 11.8 Å². The van der Waals surface area contributed by atoms with E-state index in [9.17, 15) is 13.5 Å². The van der Waals surface area contributed by atoms with Gasteiger partial charge in [0.1, 0.15) is 5.75 Å². The molecule has 0 amide bonds. The first kappa shape index (κ1) is 28.2. The maximum absolute atomic E-state index is 11.8. The lowest BCUT2D eigenvalue weighted by Gasteiger charge is -2.33. The average molecular weight is 556 g/mol. The fourth-order valence-electron chi connectivity index (χ4n) is 4.90. The molecule has 1 aliphatic rings. The monoisotopic (exact) mass is 555 g/mol. The number of β-amino-alcohol motifs (C(OH)–C–C–N with tert-alkyl or cyclic N) is 1. The second-order valence-corrected chi connectivity index (χ2v) is 12.8. The van der Waals surface area contributed by atoms with E-state index >= 15 is 0 Å². The molecule has 0 spiro atoms. The number of benzene rings is 2. The number of methoxy groups -OCH3 is 1. The van der Waals surface area contributed by atoms with Gasteiger partial charge in [-0.25, -0.2) is 8.42 Å². The van der Waals surface area contributed by atoms with Gasteiger partial charge in [0, 0.05) is 38.0 Å². The summed E-state index contributed by atoms with van der Waals surface area (Å²) in [5.74, 6) is 7.07. The van der Waals surface area contributed by atoms with Gasteiger partial charge < -0.3 is 25.4 Å². The predicted molar refractivity (Wildman–Crippen MR) is 157 cm³/mol. The van der Waals surface area contributed by atoms with Crippen LogP contribution in [0.5, 0.6) is 5.75 Å². The molecule has 1 fully saturated rings. The molecule has 0 saturated carbocycles. The maximum atomic E-state index is 11.8. The van der Waals surface area contributed by atoms with E-state index in [0.717, 1.165) is 49.5 Å². The summed E-state index contributed by atoms with van der Waals surface area (Å²) in [5, 5.41) is 18.0. The number of hydrogen-bond acceptors (Lipinski definition) is 8. The van der Waals surface area contributed by atoms with Crippen molar-refractivity contribution >= 4 is 42.6 Å². The molecule has 4 rings (SSSR count). The highest BCUT2D eigenvalue weighted by atomic mass is 32.2. The van der Waals surface area contributed by atoms with E-state index in [1.165, 1.54) is 35.1 Å². The van der Waals surface area contributed by atoms with Gasteiger partial charge in [0.25, 0.3) is 0 Å². The summed E-state index contributed by atoms with van der Waals surface area (Å²) in [7, 11) is -1.78. The number of aryl methyl sites for hydroxylation is 1. The highest BCUT2D eigenvalue weighted by molar-refractivity contribution is 7.90. The number of piperidine rings is 1. The van der Waals surface area contributed by atoms with Crippen LogP contribution < -0.4 is 15.4 Å². The number of nitrogens with one attached hydrogen (secondary N) is 2. The van der Waals surface area contributed by atoms with Crippen molar-refractivity contribution in [1.29, 1.82) is 0 Å². The lowest BCUT2D eigenvalue weighted by atomic mass is 10.0. The van der Waals surface area contributed by atoms with Gasteiger partial charge in [-0.3, -0.25) is 0 Å². The summed E-state index contributed by atoms with van der Waals surface area (Å²) in [6.45, 7) is 7.14. The number of aliphatic hydroxyl groups is 1. The molecule has 38 heavy (non-hydrogen) atoms. The van der Waals surface area contributed by atoms with Crippen molar-refractivity contribution in [2.45, 2.75) is 50.2 Å². The first-order chi connectivity index (χ1) is 18.2. The molecule has 0 aliphatic carbocycles. The van der Waals surface area contributed by atoms with E-state index < -0.39 is 9.84 Å². The Hall–Kier alpha value is -2.77. The minimum absolute atomic E-state index is 0.221. The number of nitrogens with zero attached hydrogens (tertiary/aromatic N) is 1. The van der Waals surface area contributed by atoms with E-state index in [1.807, 2.05) is 6.92 Å². The van der Waals surface area contributed by atoms with Crippen molar-refractivity contribution in [3.8, 4) is 17.6 Å². The molecule has 1 aromatic heterocycles. The van der Waals surface area contributed by atoms with Crippen LogP contribution in [0.3, 0.4) is 0 Å². The van der Waals surface area contributed by atoms with Crippen LogP contribution in [-0.4, -0.2) is 70.1 Å². The molecule has 2 heterocycles. The lowest BCUT2D eigenvalue weighted by Crippen LogP contribution is -2.41. The lowest BCUT2D eigenvalue weighted by molar-refractivity contribution is 0.111. The Morgan fingerprint density at radius 1 is 1.21 bits per heavy atom. The van der Waals surface area contributed by atoms with Crippen LogP contribution in [0.2, 0.25) is 0 Å². The number of anilines is 2. The van der Waals surface area contributed by atoms with E-state index in [1.54, 1.807) is 23.5 Å². The third-order valence-electron chi connectivity index (χ3n) is 6.81. The second-order valence-electron chi connectivity index (χ2n) is 9.80. The van der Waals surface area contributed by atoms with Gasteiger partial charge in [0.2, 0.25) is 0 Å². The molecule has 1 atom stereocenters. The number of likely N-dealkylation sites (tertiary alicyclic amines) is 1. The van der Waals surface area contributed by atoms with Gasteiger partial charge >= 0.3 is 0 Å². The highest BCUT2D eigenvalue weighted by Crippen LogP contribution is 2.37. The second kappa shape index (κ2) is 12.4. The van der Waals surface area contributed by atoms with Crippen molar-refractivity contribution in [2.24, 2.45) is 0 Å². The van der Waals surface area contributed by atoms with Gasteiger partial charge in [0.05, 0.1) is 45.6 Å². The topological polar surface area (TPSA) is 90.9 Å². The Labute approximate surface area is 230 Å². The molecule has 7 nitrogen and oxygen atoms in total. The van der Waals surface area contributed by atoms with Gasteiger partial charge in [-0.1, -0.05) is 30.9 Å². The first-order valence-electron chi connectivity index (χ1n) is 13.0. The smallest absolute Gasteiger partial charge is 0.175 e. The molecule has 204 valence electrons. The number of ether oxygens (including phenoxy) is 1. The van der Waals surface area contributed by atoms with Crippen molar-refractivity contribution < 1.29 is 18.3 Å². The van der Waals surface area contributed by atoms with Crippen LogP contribution in [0.15, 0.2) is 41.3 Å². The van der Waals surface area contributed by atoms with Crippen molar-refractivity contribution in [2.75, 3.05) is 50.2 Å². The van der Waals surface area contributed by atoms with Crippen molar-refractivity contribution in [3.05, 3.63) is 46.8 Å². The molecule has 0 bridgehead atoms. The first-order valence-corrected chi connectivity index (χ1v) is 15.7. The summed E-state index contributed by atoms with van der Waals surface area (Å²) in [6, 6.07) is 11.7. The minimum Gasteiger partial charge on any atom is -0.495 e. The number of fused-ring (bicyclic) bond motifs is 1. The standard InChI is InChI=1S/C29H37N3O4S2/c1-5-23-24-8-6-9-26(31-21-13-16-32(17-14-21)19-20(2)33)29(24)37-28(23)10-7-15-30-25-12-11-22(38(4,34)35)18-27(25)36-3/h6,8-9,11-12,18,20-21,30-31,33H,5,13-17,19H2,1-4H3. The highest BCUT2D eigenvalue weighted by Gasteiger charge is 2.21. The van der Waals surface area contributed by atoms with Crippen molar-refractivity contribution in [1.82, 2.24) is 4.90 Å². The predicted octanol–water partition coefficient (Wildman–Crippen LogP) is 4.60. The molecule has 1 saturated heterocycles. The number of aliphatic hydroxyl groups excluding tert-OH is 1. The summed E-state index contributed by atoms with van der Waals surface area (Å²) in [6.07, 6.45) is 3.91. The zero-order valence-corrected chi connectivity index (χ0v) is 24.1. The van der Waals surface area contributed by atoms with Crippen LogP contribution >= 0.6 is 11.3 Å². The van der Waals surface area contributed by atoms with Crippen LogP contribution in [-0.2, 0) is 16.3 Å². The molecule has 3 aromatic rings.